The number of carbonyl (C=O) groups excluding carboxylic acids is 1. The van der Waals surface area contributed by atoms with Crippen molar-refractivity contribution in [3.8, 4) is 11.3 Å². The zero-order valence-electron chi connectivity index (χ0n) is 18.3. The van der Waals surface area contributed by atoms with Gasteiger partial charge < -0.3 is 4.90 Å². The largest absolute Gasteiger partial charge is 0.416 e. The molecule has 172 valence electrons. The van der Waals surface area contributed by atoms with Crippen LogP contribution in [0.1, 0.15) is 40.5 Å². The van der Waals surface area contributed by atoms with Gasteiger partial charge in [0.05, 0.1) is 16.8 Å². The summed E-state index contributed by atoms with van der Waals surface area (Å²) >= 11 is 0. The summed E-state index contributed by atoms with van der Waals surface area (Å²) in [5.41, 5.74) is 2.33. The molecule has 34 heavy (non-hydrogen) atoms. The number of hydrogen-bond acceptors (Lipinski definition) is 3. The fraction of sp³-hybridized carbons (Fsp3) is 0.222. The smallest absolute Gasteiger partial charge is 0.337 e. The number of amides is 1. The number of fused-ring (bicyclic) bond motifs is 1. The first-order valence-electron chi connectivity index (χ1n) is 11.2. The molecule has 1 amide bonds. The van der Waals surface area contributed by atoms with Crippen molar-refractivity contribution < 1.29 is 18.0 Å². The van der Waals surface area contributed by atoms with E-state index in [-0.39, 0.29) is 11.8 Å². The van der Waals surface area contributed by atoms with Gasteiger partial charge in [-0.3, -0.25) is 9.78 Å². The Morgan fingerprint density at radius 2 is 1.62 bits per heavy atom. The van der Waals surface area contributed by atoms with Gasteiger partial charge in [-0.2, -0.15) is 13.2 Å². The molecule has 1 aliphatic heterocycles. The van der Waals surface area contributed by atoms with Crippen molar-refractivity contribution in [2.45, 2.75) is 24.9 Å². The SMILES string of the molecule is O=C(c1ccc2ccccc2n1)N1CCC(c2cccc(-c3cccc(C(F)(F)F)c3)n2)CC1. The highest BCUT2D eigenvalue weighted by molar-refractivity contribution is 5.95. The Bertz CT molecular complexity index is 1340. The standard InChI is InChI=1S/C27H22F3N3O/c28-27(29,30)21-7-3-6-20(17-21)24-10-4-9-23(31-24)19-13-15-33(16-14-19)26(34)25-12-11-18-5-1-2-8-22(18)32-25/h1-12,17,19H,13-16H2. The summed E-state index contributed by atoms with van der Waals surface area (Å²) < 4.78 is 39.3. The molecule has 0 bridgehead atoms. The van der Waals surface area contributed by atoms with Gasteiger partial charge >= 0.3 is 6.18 Å². The highest BCUT2D eigenvalue weighted by Crippen LogP contribution is 2.33. The molecule has 4 aromatic rings. The van der Waals surface area contributed by atoms with Crippen molar-refractivity contribution in [3.05, 3.63) is 95.8 Å². The molecule has 0 aliphatic carbocycles. The minimum Gasteiger partial charge on any atom is -0.337 e. The van der Waals surface area contributed by atoms with Gasteiger partial charge in [-0.25, -0.2) is 4.98 Å². The lowest BCUT2D eigenvalue weighted by Gasteiger charge is -2.31. The maximum atomic E-state index is 13.1. The second-order valence-corrected chi connectivity index (χ2v) is 8.48. The molecule has 3 heterocycles. The summed E-state index contributed by atoms with van der Waals surface area (Å²) in [6, 6.07) is 22.0. The maximum Gasteiger partial charge on any atom is 0.416 e. The summed E-state index contributed by atoms with van der Waals surface area (Å²) in [7, 11) is 0. The zero-order chi connectivity index (χ0) is 23.7. The third-order valence-electron chi connectivity index (χ3n) is 6.27. The van der Waals surface area contributed by atoms with Crippen LogP contribution in [0.4, 0.5) is 13.2 Å². The summed E-state index contributed by atoms with van der Waals surface area (Å²) in [6.07, 6.45) is -2.93. The van der Waals surface area contributed by atoms with Crippen molar-refractivity contribution in [1.29, 1.82) is 0 Å². The maximum absolute atomic E-state index is 13.1. The zero-order valence-corrected chi connectivity index (χ0v) is 18.3. The number of rotatable bonds is 3. The molecule has 0 unspecified atom stereocenters. The van der Waals surface area contributed by atoms with Crippen LogP contribution in [0.25, 0.3) is 22.2 Å². The van der Waals surface area contributed by atoms with E-state index in [2.05, 4.69) is 9.97 Å². The van der Waals surface area contributed by atoms with E-state index >= 15 is 0 Å². The van der Waals surface area contributed by atoms with Crippen molar-refractivity contribution in [1.82, 2.24) is 14.9 Å². The van der Waals surface area contributed by atoms with Crippen LogP contribution in [0.2, 0.25) is 0 Å². The van der Waals surface area contributed by atoms with E-state index in [1.807, 2.05) is 47.4 Å². The second-order valence-electron chi connectivity index (χ2n) is 8.48. The molecule has 0 radical (unpaired) electrons. The average molecular weight is 461 g/mol. The average Bonchev–Trinajstić information content (AvgIpc) is 2.88. The van der Waals surface area contributed by atoms with Gasteiger partial charge in [0.15, 0.2) is 0 Å². The number of nitrogens with zero attached hydrogens (tertiary/aromatic N) is 3. The van der Waals surface area contributed by atoms with Crippen LogP contribution in [0, 0.1) is 0 Å². The van der Waals surface area contributed by atoms with Crippen LogP contribution < -0.4 is 0 Å². The number of alkyl halides is 3. The number of halogens is 3. The molecule has 0 spiro atoms. The molecular weight excluding hydrogens is 439 g/mol. The quantitative estimate of drug-likeness (QED) is 0.358. The van der Waals surface area contributed by atoms with Crippen LogP contribution in [-0.4, -0.2) is 33.9 Å². The van der Waals surface area contributed by atoms with Gasteiger partial charge in [-0.05, 0) is 49.2 Å². The van der Waals surface area contributed by atoms with Gasteiger partial charge in [0.1, 0.15) is 5.69 Å². The van der Waals surface area contributed by atoms with E-state index in [9.17, 15) is 18.0 Å². The molecule has 1 saturated heterocycles. The molecule has 0 atom stereocenters. The van der Waals surface area contributed by atoms with Crippen molar-refractivity contribution in [2.24, 2.45) is 0 Å². The van der Waals surface area contributed by atoms with E-state index in [0.29, 0.717) is 30.0 Å². The van der Waals surface area contributed by atoms with Crippen LogP contribution >= 0.6 is 0 Å². The van der Waals surface area contributed by atoms with E-state index in [1.165, 1.54) is 6.07 Å². The number of hydrogen-bond donors (Lipinski definition) is 0. The highest BCUT2D eigenvalue weighted by atomic mass is 19.4. The number of piperidine rings is 1. The molecule has 0 saturated carbocycles. The van der Waals surface area contributed by atoms with E-state index < -0.39 is 11.7 Å². The first-order chi connectivity index (χ1) is 16.4. The lowest BCUT2D eigenvalue weighted by atomic mass is 9.92. The predicted molar refractivity (Wildman–Crippen MR) is 124 cm³/mol. The fourth-order valence-electron chi connectivity index (χ4n) is 4.42. The highest BCUT2D eigenvalue weighted by Gasteiger charge is 2.31. The third-order valence-corrected chi connectivity index (χ3v) is 6.27. The van der Waals surface area contributed by atoms with Crippen molar-refractivity contribution >= 4 is 16.8 Å². The Hall–Kier alpha value is -3.74. The lowest BCUT2D eigenvalue weighted by molar-refractivity contribution is -0.137. The van der Waals surface area contributed by atoms with Gasteiger partial charge in [0.2, 0.25) is 0 Å². The minimum atomic E-state index is -4.40. The van der Waals surface area contributed by atoms with Crippen molar-refractivity contribution in [3.63, 3.8) is 0 Å². The molecule has 1 fully saturated rings. The second kappa shape index (κ2) is 8.89. The van der Waals surface area contributed by atoms with Gasteiger partial charge in [0, 0.05) is 35.7 Å². The molecule has 4 nitrogen and oxygen atoms in total. The van der Waals surface area contributed by atoms with Crippen molar-refractivity contribution in [2.75, 3.05) is 13.1 Å². The Morgan fingerprint density at radius 3 is 2.41 bits per heavy atom. The lowest BCUT2D eigenvalue weighted by Crippen LogP contribution is -2.38. The topological polar surface area (TPSA) is 46.1 Å². The van der Waals surface area contributed by atoms with E-state index in [1.54, 1.807) is 18.2 Å². The minimum absolute atomic E-state index is 0.0881. The molecule has 1 aliphatic rings. The first-order valence-corrected chi connectivity index (χ1v) is 11.2. The number of benzene rings is 2. The Morgan fingerprint density at radius 1 is 0.853 bits per heavy atom. The van der Waals surface area contributed by atoms with Gasteiger partial charge in [-0.1, -0.05) is 42.5 Å². The monoisotopic (exact) mass is 461 g/mol. The Kier molecular flexibility index (Phi) is 5.77. The van der Waals surface area contributed by atoms with Crippen LogP contribution in [-0.2, 0) is 6.18 Å². The molecule has 5 rings (SSSR count). The van der Waals surface area contributed by atoms with E-state index in [0.717, 1.165) is 41.6 Å². The van der Waals surface area contributed by atoms with Gasteiger partial charge in [-0.15, -0.1) is 0 Å². The normalized spacial score (nSPS) is 15.0. The number of para-hydroxylation sites is 1. The summed E-state index contributed by atoms with van der Waals surface area (Å²) in [5, 5.41) is 0.990. The summed E-state index contributed by atoms with van der Waals surface area (Å²) in [4.78, 5) is 24.0. The van der Waals surface area contributed by atoms with Crippen LogP contribution in [0.15, 0.2) is 78.9 Å². The summed E-state index contributed by atoms with van der Waals surface area (Å²) in [5.74, 6) is 0.0502. The predicted octanol–water partition coefficient (Wildman–Crippen LogP) is 6.34. The van der Waals surface area contributed by atoms with E-state index in [4.69, 9.17) is 0 Å². The third kappa shape index (κ3) is 4.51. The molecule has 7 heteroatoms. The molecule has 0 N–H and O–H groups in total. The van der Waals surface area contributed by atoms with Crippen LogP contribution in [0.5, 0.6) is 0 Å². The van der Waals surface area contributed by atoms with Gasteiger partial charge in [0.25, 0.3) is 5.91 Å². The Balaban J connectivity index is 1.29. The number of likely N-dealkylation sites (tertiary alicyclic amines) is 1. The molecule has 2 aromatic heterocycles. The fourth-order valence-corrected chi connectivity index (χ4v) is 4.42. The Labute approximate surface area is 195 Å². The number of pyridine rings is 2. The summed E-state index contributed by atoms with van der Waals surface area (Å²) in [6.45, 7) is 1.15. The first kappa shape index (κ1) is 22.1. The van der Waals surface area contributed by atoms with Crippen LogP contribution in [0.3, 0.4) is 0 Å². The number of aromatic nitrogens is 2. The molecular formula is C27H22F3N3O. The molecule has 2 aromatic carbocycles. The number of carbonyl (C=O) groups is 1.